The van der Waals surface area contributed by atoms with Crippen LogP contribution in [0.1, 0.15) is 54.4 Å². The van der Waals surface area contributed by atoms with Crippen molar-refractivity contribution in [2.24, 2.45) is 5.92 Å². The summed E-state index contributed by atoms with van der Waals surface area (Å²) in [5.74, 6) is -0.812. The second-order valence-electron chi connectivity index (χ2n) is 7.74. The van der Waals surface area contributed by atoms with E-state index in [0.29, 0.717) is 13.0 Å². The fraction of sp³-hybridized carbons (Fsp3) is 0.875. The van der Waals surface area contributed by atoms with Crippen LogP contribution < -0.4 is 0 Å². The minimum absolute atomic E-state index is 0.163. The highest BCUT2D eigenvalue weighted by Gasteiger charge is 2.42. The summed E-state index contributed by atoms with van der Waals surface area (Å²) in [6.45, 7) is 10.9. The van der Waals surface area contributed by atoms with Crippen molar-refractivity contribution in [1.29, 1.82) is 0 Å². The van der Waals surface area contributed by atoms with E-state index in [2.05, 4.69) is 0 Å². The lowest BCUT2D eigenvalue weighted by atomic mass is 9.90. The maximum atomic E-state index is 12.5. The van der Waals surface area contributed by atoms with E-state index in [1.165, 1.54) is 4.90 Å². The van der Waals surface area contributed by atoms with E-state index in [-0.39, 0.29) is 12.5 Å². The molecule has 22 heavy (non-hydrogen) atoms. The van der Waals surface area contributed by atoms with Crippen LogP contribution in [0.25, 0.3) is 0 Å². The summed E-state index contributed by atoms with van der Waals surface area (Å²) in [7, 11) is 0. The Morgan fingerprint density at radius 2 is 1.64 bits per heavy atom. The lowest BCUT2D eigenvalue weighted by Gasteiger charge is -2.40. The van der Waals surface area contributed by atoms with Crippen LogP contribution in [0.15, 0.2) is 0 Å². The molecule has 1 unspecified atom stereocenters. The molecule has 0 radical (unpaired) electrons. The van der Waals surface area contributed by atoms with E-state index in [1.54, 1.807) is 41.5 Å². The summed E-state index contributed by atoms with van der Waals surface area (Å²) in [5.41, 5.74) is -1.28. The highest BCUT2D eigenvalue weighted by Crippen LogP contribution is 2.27. The number of nitrogens with zero attached hydrogens (tertiary/aromatic N) is 1. The maximum Gasteiger partial charge on any atom is 0.411 e. The van der Waals surface area contributed by atoms with E-state index >= 15 is 0 Å². The van der Waals surface area contributed by atoms with Gasteiger partial charge in [0.25, 0.3) is 0 Å². The monoisotopic (exact) mass is 315 g/mol. The van der Waals surface area contributed by atoms with Gasteiger partial charge in [-0.1, -0.05) is 0 Å². The van der Waals surface area contributed by atoms with E-state index in [9.17, 15) is 14.7 Å². The van der Waals surface area contributed by atoms with Crippen molar-refractivity contribution in [2.45, 2.75) is 71.6 Å². The lowest BCUT2D eigenvalue weighted by Crippen LogP contribution is -2.56. The van der Waals surface area contributed by atoms with Gasteiger partial charge in [-0.15, -0.1) is 0 Å². The zero-order valence-electron chi connectivity index (χ0n) is 14.5. The van der Waals surface area contributed by atoms with Crippen molar-refractivity contribution in [2.75, 3.05) is 13.2 Å². The second kappa shape index (κ2) is 6.86. The zero-order valence-corrected chi connectivity index (χ0v) is 14.5. The summed E-state index contributed by atoms with van der Waals surface area (Å²) >= 11 is 0. The van der Waals surface area contributed by atoms with Crippen molar-refractivity contribution >= 4 is 12.1 Å². The summed E-state index contributed by atoms with van der Waals surface area (Å²) in [5, 5.41) is 9.55. The molecule has 2 atom stereocenters. The van der Waals surface area contributed by atoms with Crippen molar-refractivity contribution in [3.05, 3.63) is 0 Å². The fourth-order valence-corrected chi connectivity index (χ4v) is 2.47. The summed E-state index contributed by atoms with van der Waals surface area (Å²) in [4.78, 5) is 26.2. The highest BCUT2D eigenvalue weighted by atomic mass is 16.6. The van der Waals surface area contributed by atoms with E-state index in [1.807, 2.05) is 0 Å². The van der Waals surface area contributed by atoms with E-state index < -0.39 is 29.3 Å². The van der Waals surface area contributed by atoms with Gasteiger partial charge in [0.2, 0.25) is 0 Å². The van der Waals surface area contributed by atoms with Gasteiger partial charge < -0.3 is 14.6 Å². The van der Waals surface area contributed by atoms with E-state index in [4.69, 9.17) is 9.47 Å². The minimum Gasteiger partial charge on any atom is -0.458 e. The van der Waals surface area contributed by atoms with Crippen molar-refractivity contribution in [1.82, 2.24) is 4.90 Å². The average molecular weight is 315 g/mol. The van der Waals surface area contributed by atoms with Gasteiger partial charge in [0.15, 0.2) is 0 Å². The number of carbonyl (C=O) groups excluding carboxylic acids is 2. The van der Waals surface area contributed by atoms with Crippen LogP contribution in [0.4, 0.5) is 4.79 Å². The first-order valence-electron chi connectivity index (χ1n) is 7.78. The molecule has 0 aromatic rings. The molecule has 1 saturated heterocycles. The lowest BCUT2D eigenvalue weighted by molar-refractivity contribution is -0.165. The molecular formula is C16H29NO5. The number of aliphatic hydroxyl groups is 1. The number of carbonyl (C=O) groups is 2. The van der Waals surface area contributed by atoms with E-state index in [0.717, 1.165) is 6.42 Å². The topological polar surface area (TPSA) is 76.1 Å². The Hall–Kier alpha value is -1.30. The van der Waals surface area contributed by atoms with Gasteiger partial charge >= 0.3 is 12.1 Å². The third-order valence-electron chi connectivity index (χ3n) is 3.27. The van der Waals surface area contributed by atoms with Gasteiger partial charge in [-0.05, 0) is 54.4 Å². The summed E-state index contributed by atoms with van der Waals surface area (Å²) < 4.78 is 10.8. The van der Waals surface area contributed by atoms with Gasteiger partial charge in [-0.2, -0.15) is 0 Å². The minimum atomic E-state index is -0.798. The highest BCUT2D eigenvalue weighted by molar-refractivity contribution is 5.82. The van der Waals surface area contributed by atoms with Gasteiger partial charge in [-0.3, -0.25) is 4.90 Å². The first kappa shape index (κ1) is 18.7. The first-order valence-corrected chi connectivity index (χ1v) is 7.78. The van der Waals surface area contributed by atoms with Crippen LogP contribution in [-0.4, -0.2) is 52.5 Å². The van der Waals surface area contributed by atoms with Gasteiger partial charge in [0, 0.05) is 19.1 Å². The molecule has 1 N–H and O–H groups in total. The Morgan fingerprint density at radius 1 is 1.09 bits per heavy atom. The first-order chi connectivity index (χ1) is 9.94. The molecule has 1 aliphatic rings. The van der Waals surface area contributed by atoms with Crippen LogP contribution in [0, 0.1) is 5.92 Å². The number of rotatable bonds is 2. The fourth-order valence-electron chi connectivity index (χ4n) is 2.47. The summed E-state index contributed by atoms with van der Waals surface area (Å²) in [6, 6.07) is -0.798. The number of piperidine rings is 1. The molecule has 0 bridgehead atoms. The third-order valence-corrected chi connectivity index (χ3v) is 3.27. The standard InChI is InChI=1S/C16H29NO5/c1-15(2,3)21-13(19)12-11(10-18)8-7-9-17(12)14(20)22-16(4,5)6/h11-12,18H,7-10H2,1-6H3/t11?,12-/m0/s1. The third kappa shape index (κ3) is 5.48. The number of amides is 1. The Kier molecular flexibility index (Phi) is 5.84. The molecule has 1 fully saturated rings. The Bertz CT molecular complexity index is 408. The van der Waals surface area contributed by atoms with Gasteiger partial charge in [0.1, 0.15) is 17.2 Å². The number of hydrogen-bond acceptors (Lipinski definition) is 5. The van der Waals surface area contributed by atoms with Crippen LogP contribution in [-0.2, 0) is 14.3 Å². The molecule has 1 aliphatic heterocycles. The largest absolute Gasteiger partial charge is 0.458 e. The Morgan fingerprint density at radius 3 is 2.09 bits per heavy atom. The smallest absolute Gasteiger partial charge is 0.411 e. The maximum absolute atomic E-state index is 12.5. The number of hydrogen-bond donors (Lipinski definition) is 1. The molecule has 128 valence electrons. The molecule has 6 nitrogen and oxygen atoms in total. The number of aliphatic hydroxyl groups excluding tert-OH is 1. The Labute approximate surface area is 132 Å². The predicted molar refractivity (Wildman–Crippen MR) is 82.4 cm³/mol. The van der Waals surface area contributed by atoms with Crippen molar-refractivity contribution in [3.63, 3.8) is 0 Å². The SMILES string of the molecule is CC(C)(C)OC(=O)[C@@H]1C(CO)CCCN1C(=O)OC(C)(C)C. The molecule has 1 amide bonds. The molecule has 0 saturated carbocycles. The molecule has 6 heteroatoms. The Balaban J connectivity index is 2.96. The van der Waals surface area contributed by atoms with Crippen LogP contribution in [0.2, 0.25) is 0 Å². The molecule has 1 heterocycles. The van der Waals surface area contributed by atoms with Gasteiger partial charge in [-0.25, -0.2) is 9.59 Å². The van der Waals surface area contributed by atoms with Crippen LogP contribution in [0.5, 0.6) is 0 Å². The molecule has 0 aliphatic carbocycles. The number of esters is 1. The predicted octanol–water partition coefficient (Wildman–Crippen LogP) is 2.34. The van der Waals surface area contributed by atoms with Gasteiger partial charge in [0.05, 0.1) is 0 Å². The molecule has 1 rings (SSSR count). The van der Waals surface area contributed by atoms with Crippen LogP contribution >= 0.6 is 0 Å². The number of likely N-dealkylation sites (tertiary alicyclic amines) is 1. The molecular weight excluding hydrogens is 286 g/mol. The number of ether oxygens (including phenoxy) is 2. The normalized spacial score (nSPS) is 23.1. The molecule has 0 spiro atoms. The zero-order chi connectivity index (χ0) is 17.1. The van der Waals surface area contributed by atoms with Crippen molar-refractivity contribution in [3.8, 4) is 0 Å². The summed E-state index contributed by atoms with van der Waals surface area (Å²) in [6.07, 6.45) is 0.866. The molecule has 0 aromatic carbocycles. The van der Waals surface area contributed by atoms with Crippen LogP contribution in [0.3, 0.4) is 0 Å². The molecule has 0 aromatic heterocycles. The average Bonchev–Trinajstić information content (AvgIpc) is 2.33. The quantitative estimate of drug-likeness (QED) is 0.792. The second-order valence-corrected chi connectivity index (χ2v) is 7.74. The van der Waals surface area contributed by atoms with Crippen molar-refractivity contribution < 1.29 is 24.2 Å².